The van der Waals surface area contributed by atoms with E-state index in [1.54, 1.807) is 24.8 Å². The van der Waals surface area contributed by atoms with Gasteiger partial charge in [-0.05, 0) is 24.6 Å². The van der Waals surface area contributed by atoms with E-state index in [0.29, 0.717) is 18.7 Å². The fourth-order valence-corrected chi connectivity index (χ4v) is 5.86. The summed E-state index contributed by atoms with van der Waals surface area (Å²) in [6.45, 7) is 6.60. The molecule has 0 aliphatic carbocycles. The van der Waals surface area contributed by atoms with Gasteiger partial charge in [0.05, 0.1) is 10.5 Å². The van der Waals surface area contributed by atoms with Crippen LogP contribution in [0.25, 0.3) is 0 Å². The molecule has 21 heavy (non-hydrogen) atoms. The van der Waals surface area contributed by atoms with E-state index in [0.717, 1.165) is 0 Å². The molecule has 1 fully saturated rings. The summed E-state index contributed by atoms with van der Waals surface area (Å²) in [5.41, 5.74) is 0.560. The van der Waals surface area contributed by atoms with Crippen molar-refractivity contribution in [2.45, 2.75) is 36.2 Å². The molecule has 0 aromatic heterocycles. The third-order valence-corrected chi connectivity index (χ3v) is 6.64. The summed E-state index contributed by atoms with van der Waals surface area (Å²) < 4.78 is 27.1. The Kier molecular flexibility index (Phi) is 4.65. The van der Waals surface area contributed by atoms with Crippen molar-refractivity contribution in [2.75, 3.05) is 13.1 Å². The second kappa shape index (κ2) is 5.98. The number of aryl methyl sites for hydroxylation is 1. The van der Waals surface area contributed by atoms with E-state index in [-0.39, 0.29) is 21.0 Å². The summed E-state index contributed by atoms with van der Waals surface area (Å²) in [5.74, 6) is -1.12. The highest BCUT2D eigenvalue weighted by Gasteiger charge is 2.33. The number of benzene rings is 1. The maximum absolute atomic E-state index is 12.8. The number of hydrogen-bond acceptors (Lipinski definition) is 4. The summed E-state index contributed by atoms with van der Waals surface area (Å²) in [6, 6.07) is 4.22. The number of hydrogen-bond donors (Lipinski definition) is 1. The standard InChI is InChI=1S/C14H19NO4S2/c1-9-4-5-12(14(16)17)6-13(9)21(18,19)15-7-10(2)20-11(3)8-15/h4-6,10-11H,7-8H2,1-3H3,(H,16,17). The first-order valence-corrected chi connectivity index (χ1v) is 9.09. The third-order valence-electron chi connectivity index (χ3n) is 3.44. The van der Waals surface area contributed by atoms with E-state index in [4.69, 9.17) is 5.11 Å². The van der Waals surface area contributed by atoms with E-state index in [9.17, 15) is 13.2 Å². The summed E-state index contributed by atoms with van der Waals surface area (Å²) in [4.78, 5) is 11.2. The Morgan fingerprint density at radius 2 is 1.86 bits per heavy atom. The van der Waals surface area contributed by atoms with Gasteiger partial charge in [-0.15, -0.1) is 0 Å². The smallest absolute Gasteiger partial charge is 0.335 e. The van der Waals surface area contributed by atoms with Crippen molar-refractivity contribution in [3.63, 3.8) is 0 Å². The van der Waals surface area contributed by atoms with Crippen molar-refractivity contribution in [1.29, 1.82) is 0 Å². The Bertz CT molecular complexity index is 647. The molecule has 0 saturated carbocycles. The van der Waals surface area contributed by atoms with Gasteiger partial charge in [-0.1, -0.05) is 19.9 Å². The van der Waals surface area contributed by atoms with E-state index in [1.165, 1.54) is 16.4 Å². The summed E-state index contributed by atoms with van der Waals surface area (Å²) in [6.07, 6.45) is 0. The molecule has 0 spiro atoms. The fourth-order valence-electron chi connectivity index (χ4n) is 2.48. The average Bonchev–Trinajstić information content (AvgIpc) is 2.37. The van der Waals surface area contributed by atoms with Crippen LogP contribution in [0.15, 0.2) is 23.1 Å². The first kappa shape index (κ1) is 16.3. The largest absolute Gasteiger partial charge is 0.478 e. The Hall–Kier alpha value is -1.05. The monoisotopic (exact) mass is 329 g/mol. The Labute approximate surface area is 129 Å². The maximum Gasteiger partial charge on any atom is 0.335 e. The van der Waals surface area contributed by atoms with Gasteiger partial charge >= 0.3 is 5.97 Å². The van der Waals surface area contributed by atoms with E-state index >= 15 is 0 Å². The number of thioether (sulfide) groups is 1. The summed E-state index contributed by atoms with van der Waals surface area (Å²) >= 11 is 1.77. The first-order chi connectivity index (χ1) is 9.71. The topological polar surface area (TPSA) is 74.7 Å². The predicted octanol–water partition coefficient (Wildman–Crippen LogP) is 2.21. The molecule has 2 atom stereocenters. The van der Waals surface area contributed by atoms with Gasteiger partial charge in [0.2, 0.25) is 10.0 Å². The molecule has 0 bridgehead atoms. The normalized spacial score (nSPS) is 24.0. The van der Waals surface area contributed by atoms with Crippen LogP contribution in [0.1, 0.15) is 29.8 Å². The molecule has 2 unspecified atom stereocenters. The van der Waals surface area contributed by atoms with Gasteiger partial charge in [0.15, 0.2) is 0 Å². The van der Waals surface area contributed by atoms with Crippen molar-refractivity contribution < 1.29 is 18.3 Å². The van der Waals surface area contributed by atoms with Crippen molar-refractivity contribution in [3.8, 4) is 0 Å². The van der Waals surface area contributed by atoms with Gasteiger partial charge in [-0.25, -0.2) is 13.2 Å². The number of carboxylic acids is 1. The zero-order valence-corrected chi connectivity index (χ0v) is 13.9. The Balaban J connectivity index is 2.44. The highest BCUT2D eigenvalue weighted by Crippen LogP contribution is 2.30. The molecule has 7 heteroatoms. The average molecular weight is 329 g/mol. The van der Waals surface area contributed by atoms with Crippen LogP contribution in [0.5, 0.6) is 0 Å². The van der Waals surface area contributed by atoms with E-state index in [1.807, 2.05) is 13.8 Å². The molecule has 1 saturated heterocycles. The fraction of sp³-hybridized carbons (Fsp3) is 0.500. The molecule has 1 aromatic rings. The first-order valence-electron chi connectivity index (χ1n) is 6.71. The lowest BCUT2D eigenvalue weighted by molar-refractivity contribution is 0.0696. The number of nitrogens with zero attached hydrogens (tertiary/aromatic N) is 1. The number of carbonyl (C=O) groups is 1. The molecule has 116 valence electrons. The van der Waals surface area contributed by atoms with Gasteiger partial charge in [0.1, 0.15) is 0 Å². The van der Waals surface area contributed by atoms with Crippen molar-refractivity contribution in [1.82, 2.24) is 4.31 Å². The van der Waals surface area contributed by atoms with Crippen LogP contribution >= 0.6 is 11.8 Å². The molecule has 5 nitrogen and oxygen atoms in total. The zero-order valence-electron chi connectivity index (χ0n) is 12.2. The molecule has 1 aliphatic rings. The van der Waals surface area contributed by atoms with Gasteiger partial charge in [-0.3, -0.25) is 0 Å². The minimum absolute atomic E-state index is 0.00773. The van der Waals surface area contributed by atoms with E-state index in [2.05, 4.69) is 0 Å². The summed E-state index contributed by atoms with van der Waals surface area (Å²) in [7, 11) is -3.66. The Morgan fingerprint density at radius 3 is 2.38 bits per heavy atom. The van der Waals surface area contributed by atoms with Crippen LogP contribution in [0, 0.1) is 6.92 Å². The lowest BCUT2D eigenvalue weighted by atomic mass is 10.1. The number of sulfonamides is 1. The number of carboxylic acid groups (broad SMARTS) is 1. The minimum atomic E-state index is -3.66. The molecule has 0 amide bonds. The molecule has 1 N–H and O–H groups in total. The van der Waals surface area contributed by atoms with Crippen molar-refractivity contribution in [2.24, 2.45) is 0 Å². The molecule has 1 aliphatic heterocycles. The second-order valence-corrected chi connectivity index (χ2v) is 9.15. The lowest BCUT2D eigenvalue weighted by Gasteiger charge is -2.34. The van der Waals surface area contributed by atoms with Gasteiger partial charge < -0.3 is 5.11 Å². The number of rotatable bonds is 3. The van der Waals surface area contributed by atoms with Crippen LogP contribution in [0.3, 0.4) is 0 Å². The van der Waals surface area contributed by atoms with Gasteiger partial charge in [0.25, 0.3) is 0 Å². The second-order valence-electron chi connectivity index (χ2n) is 5.36. The van der Waals surface area contributed by atoms with Crippen LogP contribution < -0.4 is 0 Å². The molecular formula is C14H19NO4S2. The van der Waals surface area contributed by atoms with Crippen molar-refractivity contribution in [3.05, 3.63) is 29.3 Å². The van der Waals surface area contributed by atoms with Crippen LogP contribution in [-0.4, -0.2) is 47.4 Å². The molecular weight excluding hydrogens is 310 g/mol. The molecule has 1 aromatic carbocycles. The minimum Gasteiger partial charge on any atom is -0.478 e. The highest BCUT2D eigenvalue weighted by atomic mass is 32.2. The van der Waals surface area contributed by atoms with Crippen molar-refractivity contribution >= 4 is 27.8 Å². The SMILES string of the molecule is Cc1ccc(C(=O)O)cc1S(=O)(=O)N1CC(C)SC(C)C1. The van der Waals surface area contributed by atoms with Crippen LogP contribution in [0.4, 0.5) is 0 Å². The maximum atomic E-state index is 12.8. The quantitative estimate of drug-likeness (QED) is 0.920. The highest BCUT2D eigenvalue weighted by molar-refractivity contribution is 8.00. The molecule has 2 rings (SSSR count). The van der Waals surface area contributed by atoms with Crippen LogP contribution in [-0.2, 0) is 10.0 Å². The molecule has 1 heterocycles. The predicted molar refractivity (Wildman–Crippen MR) is 83.4 cm³/mol. The van der Waals surface area contributed by atoms with Gasteiger partial charge in [-0.2, -0.15) is 16.1 Å². The van der Waals surface area contributed by atoms with Gasteiger partial charge in [0, 0.05) is 23.6 Å². The Morgan fingerprint density at radius 1 is 1.29 bits per heavy atom. The third kappa shape index (κ3) is 3.41. The van der Waals surface area contributed by atoms with Crippen LogP contribution in [0.2, 0.25) is 0 Å². The number of aromatic carboxylic acids is 1. The summed E-state index contributed by atoms with van der Waals surface area (Å²) in [5, 5.41) is 9.51. The lowest BCUT2D eigenvalue weighted by Crippen LogP contribution is -2.44. The molecule has 0 radical (unpaired) electrons. The zero-order chi connectivity index (χ0) is 15.8. The van der Waals surface area contributed by atoms with E-state index < -0.39 is 16.0 Å².